The summed E-state index contributed by atoms with van der Waals surface area (Å²) in [6.45, 7) is 1.65. The summed E-state index contributed by atoms with van der Waals surface area (Å²) >= 11 is 0. The quantitative estimate of drug-likeness (QED) is 0.337. The maximum Gasteiger partial charge on any atom is 0.200 e. The molecule has 0 heterocycles. The van der Waals surface area contributed by atoms with Gasteiger partial charge in [-0.1, -0.05) is 13.0 Å². The van der Waals surface area contributed by atoms with Gasteiger partial charge in [0.25, 0.3) is 0 Å². The van der Waals surface area contributed by atoms with E-state index in [4.69, 9.17) is 0 Å². The van der Waals surface area contributed by atoms with Gasteiger partial charge in [-0.15, -0.1) is 0 Å². The van der Waals surface area contributed by atoms with Gasteiger partial charge in [0, 0.05) is 15.8 Å². The third-order valence-electron chi connectivity index (χ3n) is 2.64. The fraction of sp³-hybridized carbons (Fsp3) is 0.400. The highest BCUT2D eigenvalue weighted by Gasteiger charge is 2.28. The predicted octanol–water partition coefficient (Wildman–Crippen LogP) is 2.66. The van der Waals surface area contributed by atoms with Crippen molar-refractivity contribution in [1.29, 1.82) is 0 Å². The van der Waals surface area contributed by atoms with Crippen molar-refractivity contribution in [3.05, 3.63) is 34.6 Å². The monoisotopic (exact) mass is 254 g/mol. The van der Waals surface area contributed by atoms with E-state index >= 15 is 0 Å². The van der Waals surface area contributed by atoms with Gasteiger partial charge in [-0.2, -0.15) is 0 Å². The predicted molar refractivity (Wildman–Crippen MR) is 54.0 cm³/mol. The second-order valence-corrected chi connectivity index (χ2v) is 4.31. The van der Waals surface area contributed by atoms with E-state index in [2.05, 4.69) is 0 Å². The van der Waals surface area contributed by atoms with E-state index in [9.17, 15) is 22.0 Å². The Hall–Kier alpha value is -0.913. The van der Waals surface area contributed by atoms with Crippen LogP contribution in [0.15, 0.2) is 0 Å². The lowest BCUT2D eigenvalue weighted by Gasteiger charge is -2.15. The first-order valence-corrected chi connectivity index (χ1v) is 6.38. The van der Waals surface area contributed by atoms with E-state index in [1.54, 1.807) is 6.92 Å². The van der Waals surface area contributed by atoms with E-state index in [0.717, 1.165) is 0 Å². The molecular formula is C10H11F5Si. The highest BCUT2D eigenvalue weighted by atomic mass is 28.1. The van der Waals surface area contributed by atoms with Gasteiger partial charge in [-0.05, 0) is 12.3 Å². The summed E-state index contributed by atoms with van der Waals surface area (Å²) in [6.07, 6.45) is 0.349. The van der Waals surface area contributed by atoms with Crippen LogP contribution in [0, 0.1) is 29.1 Å². The number of benzene rings is 1. The molecule has 0 amide bonds. The van der Waals surface area contributed by atoms with E-state index in [1.807, 2.05) is 0 Å². The molecule has 0 radical (unpaired) electrons. The van der Waals surface area contributed by atoms with Crippen LogP contribution in [0.4, 0.5) is 22.0 Å². The fourth-order valence-electron chi connectivity index (χ4n) is 1.68. The minimum Gasteiger partial charge on any atom is -0.203 e. The average molecular weight is 254 g/mol. The zero-order chi connectivity index (χ0) is 12.5. The van der Waals surface area contributed by atoms with Crippen molar-refractivity contribution in [2.45, 2.75) is 25.3 Å². The van der Waals surface area contributed by atoms with Gasteiger partial charge in [-0.25, -0.2) is 22.0 Å². The molecule has 0 N–H and O–H groups in total. The summed E-state index contributed by atoms with van der Waals surface area (Å²) in [6, 6.07) is 0.453. The van der Waals surface area contributed by atoms with Crippen LogP contribution < -0.4 is 0 Å². The molecule has 1 aromatic rings. The highest BCUT2D eigenvalue weighted by molar-refractivity contribution is 6.09. The topological polar surface area (TPSA) is 0 Å². The van der Waals surface area contributed by atoms with Crippen molar-refractivity contribution in [3.8, 4) is 0 Å². The van der Waals surface area contributed by atoms with Crippen LogP contribution in [0.1, 0.15) is 24.8 Å². The standard InChI is InChI=1S/C10H11F5Si/c1-2-4(3-16)5-6(11)8(13)10(15)9(14)7(5)12/h4H,2-3H2,1,16H3. The zero-order valence-electron chi connectivity index (χ0n) is 8.88. The van der Waals surface area contributed by atoms with Gasteiger partial charge < -0.3 is 0 Å². The van der Waals surface area contributed by atoms with E-state index in [0.29, 0.717) is 22.7 Å². The Kier molecular flexibility index (Phi) is 4.07. The van der Waals surface area contributed by atoms with Crippen LogP contribution in [0.5, 0.6) is 0 Å². The van der Waals surface area contributed by atoms with E-state index in [1.165, 1.54) is 0 Å². The molecule has 16 heavy (non-hydrogen) atoms. The van der Waals surface area contributed by atoms with Crippen LogP contribution in [0.3, 0.4) is 0 Å². The van der Waals surface area contributed by atoms with Crippen molar-refractivity contribution in [1.82, 2.24) is 0 Å². The third-order valence-corrected chi connectivity index (χ3v) is 3.62. The Morgan fingerprint density at radius 1 is 0.875 bits per heavy atom. The lowest BCUT2D eigenvalue weighted by Crippen LogP contribution is -2.11. The van der Waals surface area contributed by atoms with Gasteiger partial charge in [0.05, 0.1) is 0 Å². The van der Waals surface area contributed by atoms with Gasteiger partial charge >= 0.3 is 0 Å². The molecule has 0 aliphatic heterocycles. The van der Waals surface area contributed by atoms with Crippen molar-refractivity contribution >= 4 is 10.2 Å². The number of hydrogen-bond acceptors (Lipinski definition) is 0. The molecule has 90 valence electrons. The lowest BCUT2D eigenvalue weighted by atomic mass is 9.96. The third kappa shape index (κ3) is 1.98. The van der Waals surface area contributed by atoms with Crippen LogP contribution >= 0.6 is 0 Å². The van der Waals surface area contributed by atoms with E-state index < -0.39 is 40.6 Å². The summed E-state index contributed by atoms with van der Waals surface area (Å²) in [5.74, 6) is -9.80. The van der Waals surface area contributed by atoms with Crippen LogP contribution in [0.2, 0.25) is 6.04 Å². The van der Waals surface area contributed by atoms with E-state index in [-0.39, 0.29) is 0 Å². The van der Waals surface area contributed by atoms with Gasteiger partial charge in [0.2, 0.25) is 5.82 Å². The molecular weight excluding hydrogens is 243 g/mol. The largest absolute Gasteiger partial charge is 0.203 e. The number of rotatable bonds is 3. The maximum atomic E-state index is 13.3. The fourth-order valence-corrected chi connectivity index (χ4v) is 2.66. The van der Waals surface area contributed by atoms with Gasteiger partial charge in [0.15, 0.2) is 23.3 Å². The van der Waals surface area contributed by atoms with Crippen molar-refractivity contribution < 1.29 is 22.0 Å². The smallest absolute Gasteiger partial charge is 0.200 e. The molecule has 0 aliphatic carbocycles. The molecule has 0 saturated carbocycles. The Balaban J connectivity index is 3.50. The molecule has 0 nitrogen and oxygen atoms in total. The summed E-state index contributed by atoms with van der Waals surface area (Å²) < 4.78 is 65.2. The van der Waals surface area contributed by atoms with Crippen LogP contribution in [-0.4, -0.2) is 10.2 Å². The number of hydrogen-bond donors (Lipinski definition) is 0. The van der Waals surface area contributed by atoms with Crippen LogP contribution in [-0.2, 0) is 0 Å². The average Bonchev–Trinajstić information content (AvgIpc) is 2.29. The lowest BCUT2D eigenvalue weighted by molar-refractivity contribution is 0.364. The molecule has 1 unspecified atom stereocenters. The molecule has 1 aromatic carbocycles. The minimum absolute atomic E-state index is 0.349. The summed E-state index contributed by atoms with van der Waals surface area (Å²) in [4.78, 5) is 0. The second-order valence-electron chi connectivity index (χ2n) is 3.50. The Morgan fingerprint density at radius 3 is 1.56 bits per heavy atom. The molecule has 1 rings (SSSR count). The first-order chi connectivity index (χ1) is 7.45. The molecule has 1 atom stereocenters. The van der Waals surface area contributed by atoms with Crippen molar-refractivity contribution in [3.63, 3.8) is 0 Å². The van der Waals surface area contributed by atoms with Gasteiger partial charge in [-0.3, -0.25) is 0 Å². The molecule has 0 aliphatic rings. The van der Waals surface area contributed by atoms with Crippen LogP contribution in [0.25, 0.3) is 0 Å². The Morgan fingerprint density at radius 2 is 1.25 bits per heavy atom. The zero-order valence-corrected chi connectivity index (χ0v) is 10.9. The summed E-state index contributed by atoms with van der Waals surface area (Å²) in [7, 11) is 0.634. The molecule has 0 bridgehead atoms. The normalized spacial score (nSPS) is 13.1. The molecule has 6 heteroatoms. The van der Waals surface area contributed by atoms with Crippen molar-refractivity contribution in [2.75, 3.05) is 0 Å². The van der Waals surface area contributed by atoms with Crippen molar-refractivity contribution in [2.24, 2.45) is 0 Å². The number of halogens is 5. The SMILES string of the molecule is CCC(C[SiH3])c1c(F)c(F)c(F)c(F)c1F. The molecule has 0 saturated heterocycles. The Bertz CT molecular complexity index is 372. The minimum atomic E-state index is -2.10. The molecule has 0 fully saturated rings. The van der Waals surface area contributed by atoms with Gasteiger partial charge in [0.1, 0.15) is 0 Å². The second kappa shape index (κ2) is 4.95. The highest BCUT2D eigenvalue weighted by Crippen LogP contribution is 2.32. The molecule has 0 aromatic heterocycles. The summed E-state index contributed by atoms with van der Waals surface area (Å²) in [5, 5.41) is 0. The molecule has 0 spiro atoms. The first-order valence-electron chi connectivity index (χ1n) is 4.96. The summed E-state index contributed by atoms with van der Waals surface area (Å²) in [5.41, 5.74) is -0.672. The Labute approximate surface area is 92.9 Å². The maximum absolute atomic E-state index is 13.3. The first kappa shape index (κ1) is 13.2.